The highest BCUT2D eigenvalue weighted by atomic mass is 16.5. The van der Waals surface area contributed by atoms with E-state index in [4.69, 9.17) is 9.84 Å². The summed E-state index contributed by atoms with van der Waals surface area (Å²) in [6.45, 7) is 6.06. The van der Waals surface area contributed by atoms with Gasteiger partial charge in [-0.25, -0.2) is 9.50 Å². The number of phenols is 1. The number of carbonyl (C=O) groups excluding carboxylic acids is 1. The number of morpholine rings is 1. The summed E-state index contributed by atoms with van der Waals surface area (Å²) < 4.78 is 7.16. The number of nitrogens with one attached hydrogen (secondary N) is 1. The molecule has 0 radical (unpaired) electrons. The summed E-state index contributed by atoms with van der Waals surface area (Å²) in [5.41, 5.74) is 2.45. The number of imidazole rings is 1. The first-order valence-electron chi connectivity index (χ1n) is 11.6. The Labute approximate surface area is 193 Å². The number of ether oxygens (including phenoxy) is 1. The maximum atomic E-state index is 12.6. The summed E-state index contributed by atoms with van der Waals surface area (Å²) in [4.78, 5) is 21.2. The van der Waals surface area contributed by atoms with Crippen LogP contribution in [0, 0.1) is 5.92 Å². The van der Waals surface area contributed by atoms with Crippen LogP contribution < -0.4 is 5.32 Å². The Morgan fingerprint density at radius 2 is 1.94 bits per heavy atom. The number of likely N-dealkylation sites (tertiary alicyclic amines) is 1. The average molecular weight is 451 g/mol. The molecule has 2 aliphatic rings. The molecule has 2 saturated heterocycles. The second-order valence-electron chi connectivity index (χ2n) is 8.78. The number of anilines is 1. The topological polar surface area (TPSA) is 95.2 Å². The van der Waals surface area contributed by atoms with Gasteiger partial charge in [0.25, 0.3) is 0 Å². The number of aromatic nitrogens is 3. The predicted molar refractivity (Wildman–Crippen MR) is 125 cm³/mol. The Hall–Kier alpha value is -3.17. The van der Waals surface area contributed by atoms with Gasteiger partial charge in [-0.1, -0.05) is 12.1 Å². The molecule has 3 aromatic rings. The van der Waals surface area contributed by atoms with E-state index in [0.717, 1.165) is 81.5 Å². The molecule has 174 valence electrons. The van der Waals surface area contributed by atoms with Crippen molar-refractivity contribution in [3.8, 4) is 17.0 Å². The van der Waals surface area contributed by atoms with Crippen LogP contribution in [0.1, 0.15) is 12.8 Å². The number of rotatable bonds is 6. The number of hydrogen-bond acceptors (Lipinski definition) is 7. The molecule has 0 spiro atoms. The second-order valence-corrected chi connectivity index (χ2v) is 8.78. The van der Waals surface area contributed by atoms with Gasteiger partial charge >= 0.3 is 0 Å². The molecule has 33 heavy (non-hydrogen) atoms. The molecule has 0 saturated carbocycles. The normalized spacial score (nSPS) is 18.0. The molecule has 1 amide bonds. The number of amides is 1. The molecule has 2 aliphatic heterocycles. The van der Waals surface area contributed by atoms with Crippen LogP contribution in [0.15, 0.2) is 42.6 Å². The molecule has 2 aromatic heterocycles. The van der Waals surface area contributed by atoms with Gasteiger partial charge in [-0.3, -0.25) is 9.69 Å². The van der Waals surface area contributed by atoms with Crippen molar-refractivity contribution < 1.29 is 14.6 Å². The Morgan fingerprint density at radius 1 is 1.12 bits per heavy atom. The molecule has 9 heteroatoms. The highest BCUT2D eigenvalue weighted by Gasteiger charge is 2.24. The molecule has 2 fully saturated rings. The van der Waals surface area contributed by atoms with Crippen LogP contribution >= 0.6 is 0 Å². The minimum atomic E-state index is 0.214. The van der Waals surface area contributed by atoms with Crippen LogP contribution in [-0.2, 0) is 9.53 Å². The molecule has 0 bridgehead atoms. The van der Waals surface area contributed by atoms with Gasteiger partial charge < -0.3 is 20.1 Å². The first kappa shape index (κ1) is 21.7. The van der Waals surface area contributed by atoms with E-state index in [2.05, 4.69) is 15.2 Å². The van der Waals surface area contributed by atoms with Crippen LogP contribution in [0.25, 0.3) is 16.9 Å². The van der Waals surface area contributed by atoms with Crippen molar-refractivity contribution in [1.29, 1.82) is 0 Å². The van der Waals surface area contributed by atoms with Crippen LogP contribution in [0.4, 0.5) is 5.82 Å². The number of hydrogen-bond donors (Lipinski definition) is 2. The standard InChI is InChI=1S/C24H30N6O3/c31-20-3-1-2-19(14-20)21-16-26-23-5-4-22(27-30(21)23)25-15-18-6-8-29(9-7-18)24(32)17-28-10-12-33-13-11-28/h1-5,14,16,18,31H,6-13,15,17H2,(H,25,27). The van der Waals surface area contributed by atoms with E-state index in [1.165, 1.54) is 0 Å². The first-order chi connectivity index (χ1) is 16.2. The van der Waals surface area contributed by atoms with Gasteiger partial charge in [-0.05, 0) is 43.0 Å². The molecular formula is C24H30N6O3. The molecule has 0 atom stereocenters. The highest BCUT2D eigenvalue weighted by molar-refractivity contribution is 5.78. The number of aromatic hydroxyl groups is 1. The van der Waals surface area contributed by atoms with Gasteiger partial charge in [0.05, 0.1) is 31.6 Å². The Balaban J connectivity index is 1.15. The van der Waals surface area contributed by atoms with Gasteiger partial charge in [0.1, 0.15) is 11.6 Å². The second kappa shape index (κ2) is 9.76. The minimum absolute atomic E-state index is 0.214. The predicted octanol–water partition coefficient (Wildman–Crippen LogP) is 2.08. The number of nitrogens with zero attached hydrogens (tertiary/aromatic N) is 5. The summed E-state index contributed by atoms with van der Waals surface area (Å²) in [7, 11) is 0. The van der Waals surface area contributed by atoms with Crippen LogP contribution in [-0.4, -0.2) is 87.9 Å². The average Bonchev–Trinajstić information content (AvgIpc) is 3.27. The van der Waals surface area contributed by atoms with Crippen molar-refractivity contribution in [1.82, 2.24) is 24.4 Å². The van der Waals surface area contributed by atoms with E-state index < -0.39 is 0 Å². The van der Waals surface area contributed by atoms with E-state index in [9.17, 15) is 9.90 Å². The molecule has 0 aliphatic carbocycles. The molecule has 2 N–H and O–H groups in total. The smallest absolute Gasteiger partial charge is 0.236 e. The monoisotopic (exact) mass is 450 g/mol. The summed E-state index contributed by atoms with van der Waals surface area (Å²) in [5, 5.41) is 18.0. The molecule has 1 aromatic carbocycles. The third kappa shape index (κ3) is 5.09. The van der Waals surface area contributed by atoms with Crippen molar-refractivity contribution >= 4 is 17.4 Å². The molecule has 4 heterocycles. The molecule has 5 rings (SSSR count). The van der Waals surface area contributed by atoms with Crippen molar-refractivity contribution in [2.24, 2.45) is 5.92 Å². The SMILES string of the molecule is O=C(CN1CCOCC1)N1CCC(CNc2ccc3ncc(-c4cccc(O)c4)n3n2)CC1. The van der Waals surface area contributed by atoms with Crippen molar-refractivity contribution in [3.05, 3.63) is 42.6 Å². The lowest BCUT2D eigenvalue weighted by molar-refractivity contribution is -0.134. The van der Waals surface area contributed by atoms with Crippen LogP contribution in [0.5, 0.6) is 5.75 Å². The largest absolute Gasteiger partial charge is 0.508 e. The van der Waals surface area contributed by atoms with Crippen LogP contribution in [0.3, 0.4) is 0 Å². The van der Waals surface area contributed by atoms with E-state index in [1.54, 1.807) is 22.8 Å². The summed E-state index contributed by atoms with van der Waals surface area (Å²) in [6, 6.07) is 11.0. The number of benzene rings is 1. The van der Waals surface area contributed by atoms with E-state index in [1.807, 2.05) is 29.2 Å². The quantitative estimate of drug-likeness (QED) is 0.594. The zero-order chi connectivity index (χ0) is 22.6. The van der Waals surface area contributed by atoms with E-state index in [-0.39, 0.29) is 11.7 Å². The van der Waals surface area contributed by atoms with Crippen LogP contribution in [0.2, 0.25) is 0 Å². The lowest BCUT2D eigenvalue weighted by atomic mass is 9.96. The number of fused-ring (bicyclic) bond motifs is 1. The van der Waals surface area contributed by atoms with Gasteiger partial charge in [0.15, 0.2) is 5.65 Å². The van der Waals surface area contributed by atoms with Crippen molar-refractivity contribution in [2.45, 2.75) is 12.8 Å². The Morgan fingerprint density at radius 3 is 2.73 bits per heavy atom. The number of piperidine rings is 1. The summed E-state index contributed by atoms with van der Waals surface area (Å²) in [5.74, 6) is 1.73. The fraction of sp³-hybridized carbons (Fsp3) is 0.458. The van der Waals surface area contributed by atoms with Gasteiger partial charge in [0.2, 0.25) is 5.91 Å². The molecule has 9 nitrogen and oxygen atoms in total. The summed E-state index contributed by atoms with van der Waals surface area (Å²) >= 11 is 0. The molecular weight excluding hydrogens is 420 g/mol. The molecule has 0 unspecified atom stereocenters. The third-order valence-corrected chi connectivity index (χ3v) is 6.51. The maximum absolute atomic E-state index is 12.6. The lowest BCUT2D eigenvalue weighted by Crippen LogP contribution is -2.47. The maximum Gasteiger partial charge on any atom is 0.236 e. The minimum Gasteiger partial charge on any atom is -0.508 e. The zero-order valence-electron chi connectivity index (χ0n) is 18.7. The number of phenolic OH excluding ortho intramolecular Hbond substituents is 1. The van der Waals surface area contributed by atoms with Gasteiger partial charge in [0, 0.05) is 38.3 Å². The fourth-order valence-corrected chi connectivity index (χ4v) is 4.52. The lowest BCUT2D eigenvalue weighted by Gasteiger charge is -2.34. The van der Waals surface area contributed by atoms with Gasteiger partial charge in [-0.15, -0.1) is 5.10 Å². The van der Waals surface area contributed by atoms with E-state index >= 15 is 0 Å². The fourth-order valence-electron chi connectivity index (χ4n) is 4.52. The summed E-state index contributed by atoms with van der Waals surface area (Å²) in [6.07, 6.45) is 3.75. The zero-order valence-corrected chi connectivity index (χ0v) is 18.7. The van der Waals surface area contributed by atoms with Crippen molar-refractivity contribution in [2.75, 3.05) is 57.8 Å². The Kier molecular flexibility index (Phi) is 6.41. The number of carbonyl (C=O) groups is 1. The van der Waals surface area contributed by atoms with Gasteiger partial charge in [-0.2, -0.15) is 0 Å². The Bertz CT molecular complexity index is 1100. The van der Waals surface area contributed by atoms with E-state index in [0.29, 0.717) is 12.5 Å². The van der Waals surface area contributed by atoms with Crippen molar-refractivity contribution in [3.63, 3.8) is 0 Å². The third-order valence-electron chi connectivity index (χ3n) is 6.51. The first-order valence-corrected chi connectivity index (χ1v) is 11.6. The highest BCUT2D eigenvalue weighted by Crippen LogP contribution is 2.24.